The van der Waals surface area contributed by atoms with E-state index < -0.39 is 6.10 Å². The second-order valence-electron chi connectivity index (χ2n) is 5.55. The van der Waals surface area contributed by atoms with Crippen molar-refractivity contribution in [2.24, 2.45) is 11.8 Å². The van der Waals surface area contributed by atoms with Crippen LogP contribution in [-0.4, -0.2) is 23.2 Å². The molecule has 1 fully saturated rings. The monoisotopic (exact) mass is 248 g/mol. The summed E-state index contributed by atoms with van der Waals surface area (Å²) in [5.74, 6) is 1.55. The number of aromatic nitrogens is 1. The summed E-state index contributed by atoms with van der Waals surface area (Å²) >= 11 is 0. The third kappa shape index (κ3) is 2.83. The van der Waals surface area contributed by atoms with Gasteiger partial charge in [-0.2, -0.15) is 0 Å². The minimum Gasteiger partial charge on any atom is -0.387 e. The molecular weight excluding hydrogens is 224 g/mol. The van der Waals surface area contributed by atoms with Crippen molar-refractivity contribution in [1.29, 1.82) is 0 Å². The van der Waals surface area contributed by atoms with Crippen LogP contribution in [0, 0.1) is 11.8 Å². The highest BCUT2D eigenvalue weighted by atomic mass is 16.3. The summed E-state index contributed by atoms with van der Waals surface area (Å²) in [5.41, 5.74) is 1.96. The zero-order chi connectivity index (χ0) is 13.1. The van der Waals surface area contributed by atoms with Crippen molar-refractivity contribution >= 4 is 5.69 Å². The second-order valence-corrected chi connectivity index (χ2v) is 5.55. The van der Waals surface area contributed by atoms with E-state index in [0.29, 0.717) is 6.42 Å². The lowest BCUT2D eigenvalue weighted by Crippen LogP contribution is -2.38. The maximum Gasteiger partial charge on any atom is 0.0957 e. The third-order valence-electron chi connectivity index (χ3n) is 4.20. The van der Waals surface area contributed by atoms with Crippen LogP contribution in [0.3, 0.4) is 0 Å². The number of hydrogen-bond acceptors (Lipinski definition) is 3. The van der Waals surface area contributed by atoms with E-state index in [9.17, 15) is 5.11 Å². The topological polar surface area (TPSA) is 36.4 Å². The van der Waals surface area contributed by atoms with Crippen molar-refractivity contribution in [3.8, 4) is 0 Å². The highest BCUT2D eigenvalue weighted by Crippen LogP contribution is 2.27. The van der Waals surface area contributed by atoms with E-state index in [1.54, 1.807) is 0 Å². The van der Waals surface area contributed by atoms with Crippen LogP contribution in [0.25, 0.3) is 0 Å². The first-order valence-corrected chi connectivity index (χ1v) is 7.00. The quantitative estimate of drug-likeness (QED) is 0.893. The van der Waals surface area contributed by atoms with E-state index in [2.05, 4.69) is 29.8 Å². The predicted molar refractivity (Wildman–Crippen MR) is 74.6 cm³/mol. The molecule has 1 saturated heterocycles. The first-order chi connectivity index (χ1) is 8.61. The summed E-state index contributed by atoms with van der Waals surface area (Å²) in [6, 6.07) is 4.04. The Hall–Kier alpha value is -1.09. The first-order valence-electron chi connectivity index (χ1n) is 7.00. The molecule has 0 amide bonds. The van der Waals surface area contributed by atoms with Crippen molar-refractivity contribution < 1.29 is 5.11 Å². The first kappa shape index (κ1) is 13.3. The highest BCUT2D eigenvalue weighted by molar-refractivity contribution is 5.45. The lowest BCUT2D eigenvalue weighted by molar-refractivity contribution is 0.169. The SMILES string of the molecule is CC[C@H](O)c1ccc(N2CCC(C)C(C)C2)cn1. The normalized spacial score (nSPS) is 26.1. The average Bonchev–Trinajstić information content (AvgIpc) is 2.41. The van der Waals surface area contributed by atoms with Crippen LogP contribution < -0.4 is 4.90 Å². The fraction of sp³-hybridized carbons (Fsp3) is 0.667. The summed E-state index contributed by atoms with van der Waals surface area (Å²) in [6.07, 6.45) is 3.43. The molecule has 1 aliphatic heterocycles. The Bertz CT molecular complexity index is 377. The van der Waals surface area contributed by atoms with Gasteiger partial charge in [0, 0.05) is 13.1 Å². The molecule has 0 radical (unpaired) electrons. The highest BCUT2D eigenvalue weighted by Gasteiger charge is 2.23. The number of pyridine rings is 1. The Morgan fingerprint density at radius 2 is 2.17 bits per heavy atom. The molecule has 1 aromatic rings. The van der Waals surface area contributed by atoms with E-state index in [-0.39, 0.29) is 0 Å². The van der Waals surface area contributed by atoms with Gasteiger partial charge in [0.25, 0.3) is 0 Å². The van der Waals surface area contributed by atoms with Gasteiger partial charge in [-0.1, -0.05) is 20.8 Å². The minimum atomic E-state index is -0.431. The van der Waals surface area contributed by atoms with Crippen molar-refractivity contribution in [1.82, 2.24) is 4.98 Å². The maximum atomic E-state index is 9.73. The number of aliphatic hydroxyl groups excluding tert-OH is 1. The molecule has 0 spiro atoms. The Morgan fingerprint density at radius 3 is 2.72 bits per heavy atom. The van der Waals surface area contributed by atoms with Gasteiger partial charge in [-0.05, 0) is 36.8 Å². The molecular formula is C15H24N2O. The molecule has 1 N–H and O–H groups in total. The van der Waals surface area contributed by atoms with Gasteiger partial charge in [-0.3, -0.25) is 4.98 Å². The fourth-order valence-electron chi connectivity index (χ4n) is 2.49. The van der Waals surface area contributed by atoms with Crippen molar-refractivity contribution in [2.45, 2.75) is 39.7 Å². The molecule has 100 valence electrons. The largest absolute Gasteiger partial charge is 0.387 e. The third-order valence-corrected chi connectivity index (χ3v) is 4.20. The average molecular weight is 248 g/mol. The van der Waals surface area contributed by atoms with Gasteiger partial charge in [-0.15, -0.1) is 0 Å². The van der Waals surface area contributed by atoms with Gasteiger partial charge in [0.1, 0.15) is 0 Å². The smallest absolute Gasteiger partial charge is 0.0957 e. The summed E-state index contributed by atoms with van der Waals surface area (Å²) in [5, 5.41) is 9.73. The molecule has 2 heterocycles. The van der Waals surface area contributed by atoms with Crippen LogP contribution in [-0.2, 0) is 0 Å². The molecule has 0 bridgehead atoms. The number of rotatable bonds is 3. The Morgan fingerprint density at radius 1 is 1.39 bits per heavy atom. The van der Waals surface area contributed by atoms with Crippen LogP contribution in [0.15, 0.2) is 18.3 Å². The Labute approximate surface area is 110 Å². The minimum absolute atomic E-state index is 0.431. The maximum absolute atomic E-state index is 9.73. The van der Waals surface area contributed by atoms with Gasteiger partial charge in [0.15, 0.2) is 0 Å². The zero-order valence-electron chi connectivity index (χ0n) is 11.6. The van der Waals surface area contributed by atoms with E-state index in [0.717, 1.165) is 30.6 Å². The van der Waals surface area contributed by atoms with E-state index in [4.69, 9.17) is 0 Å². The summed E-state index contributed by atoms with van der Waals surface area (Å²) < 4.78 is 0. The summed E-state index contributed by atoms with van der Waals surface area (Å²) in [6.45, 7) is 8.84. The van der Waals surface area contributed by atoms with Gasteiger partial charge < -0.3 is 10.0 Å². The molecule has 0 saturated carbocycles. The molecule has 3 atom stereocenters. The van der Waals surface area contributed by atoms with Gasteiger partial charge in [0.2, 0.25) is 0 Å². The van der Waals surface area contributed by atoms with Crippen molar-refractivity contribution in [3.63, 3.8) is 0 Å². The summed E-state index contributed by atoms with van der Waals surface area (Å²) in [4.78, 5) is 6.78. The fourth-order valence-corrected chi connectivity index (χ4v) is 2.49. The molecule has 2 unspecified atom stereocenters. The number of hydrogen-bond donors (Lipinski definition) is 1. The van der Waals surface area contributed by atoms with Crippen molar-refractivity contribution in [3.05, 3.63) is 24.0 Å². The molecule has 2 rings (SSSR count). The number of anilines is 1. The second kappa shape index (κ2) is 5.70. The predicted octanol–water partition coefficient (Wildman–Crippen LogP) is 3.01. The van der Waals surface area contributed by atoms with Gasteiger partial charge in [0.05, 0.1) is 23.7 Å². The molecule has 3 nitrogen and oxygen atoms in total. The van der Waals surface area contributed by atoms with Crippen LogP contribution >= 0.6 is 0 Å². The molecule has 3 heteroatoms. The van der Waals surface area contributed by atoms with Crippen LogP contribution in [0.4, 0.5) is 5.69 Å². The molecule has 0 aliphatic carbocycles. The van der Waals surface area contributed by atoms with E-state index in [1.807, 2.05) is 19.2 Å². The number of piperidine rings is 1. The molecule has 1 aromatic heterocycles. The molecule has 18 heavy (non-hydrogen) atoms. The summed E-state index contributed by atoms with van der Waals surface area (Å²) in [7, 11) is 0. The zero-order valence-corrected chi connectivity index (χ0v) is 11.6. The van der Waals surface area contributed by atoms with Gasteiger partial charge >= 0.3 is 0 Å². The molecule has 0 aromatic carbocycles. The van der Waals surface area contributed by atoms with Crippen LogP contribution in [0.2, 0.25) is 0 Å². The number of aliphatic hydroxyl groups is 1. The standard InChI is InChI=1S/C15H24N2O/c1-4-15(18)14-6-5-13(9-16-14)17-8-7-11(2)12(3)10-17/h5-6,9,11-12,15,18H,4,7-8,10H2,1-3H3/t11?,12?,15-/m0/s1. The van der Waals surface area contributed by atoms with E-state index >= 15 is 0 Å². The van der Waals surface area contributed by atoms with E-state index in [1.165, 1.54) is 12.1 Å². The molecule has 1 aliphatic rings. The lowest BCUT2D eigenvalue weighted by Gasteiger charge is -2.36. The van der Waals surface area contributed by atoms with Crippen LogP contribution in [0.5, 0.6) is 0 Å². The Kier molecular flexibility index (Phi) is 4.23. The lowest BCUT2D eigenvalue weighted by atomic mass is 9.88. The van der Waals surface area contributed by atoms with Crippen molar-refractivity contribution in [2.75, 3.05) is 18.0 Å². The Balaban J connectivity index is 2.06. The van der Waals surface area contributed by atoms with Gasteiger partial charge in [-0.25, -0.2) is 0 Å². The van der Waals surface area contributed by atoms with Crippen LogP contribution in [0.1, 0.15) is 45.4 Å². The number of nitrogens with zero attached hydrogens (tertiary/aromatic N) is 2.